The van der Waals surface area contributed by atoms with Gasteiger partial charge in [0.05, 0.1) is 13.3 Å². The molecule has 6 heteroatoms. The van der Waals surface area contributed by atoms with Gasteiger partial charge in [-0.1, -0.05) is 12.1 Å². The first-order chi connectivity index (χ1) is 12.1. The number of benzene rings is 1. The Kier molecular flexibility index (Phi) is 4.21. The molecule has 3 unspecified atom stereocenters. The van der Waals surface area contributed by atoms with Crippen LogP contribution in [0.25, 0.3) is 11.1 Å². The first-order valence-corrected chi connectivity index (χ1v) is 8.88. The van der Waals surface area contributed by atoms with Gasteiger partial charge in [-0.05, 0) is 49.9 Å². The number of amides is 1. The van der Waals surface area contributed by atoms with E-state index in [2.05, 4.69) is 22.2 Å². The number of ether oxygens (including phenoxy) is 1. The molecule has 0 radical (unpaired) electrons. The van der Waals surface area contributed by atoms with Crippen LogP contribution in [0, 0.1) is 5.92 Å². The van der Waals surface area contributed by atoms with E-state index in [-0.39, 0.29) is 12.1 Å². The average molecular weight is 340 g/mol. The Morgan fingerprint density at radius 1 is 1.28 bits per heavy atom. The first-order valence-electron chi connectivity index (χ1n) is 8.88. The molecule has 3 fully saturated rings. The highest BCUT2D eigenvalue weighted by atomic mass is 16.5. The van der Waals surface area contributed by atoms with Gasteiger partial charge in [-0.15, -0.1) is 0 Å². The van der Waals surface area contributed by atoms with Crippen LogP contribution in [0.4, 0.5) is 4.79 Å². The smallest absolute Gasteiger partial charge is 0.342 e. The number of methoxy groups -OCH3 is 1. The Morgan fingerprint density at radius 2 is 2.08 bits per heavy atom. The van der Waals surface area contributed by atoms with Gasteiger partial charge >= 0.3 is 6.03 Å². The minimum absolute atomic E-state index is 0.147. The summed E-state index contributed by atoms with van der Waals surface area (Å²) in [6, 6.07) is 8.46. The Bertz CT molecular complexity index is 755. The maximum atomic E-state index is 12.6. The van der Waals surface area contributed by atoms with Crippen molar-refractivity contribution >= 4 is 6.03 Å². The second-order valence-corrected chi connectivity index (χ2v) is 7.09. The predicted octanol–water partition coefficient (Wildman–Crippen LogP) is 2.60. The summed E-state index contributed by atoms with van der Waals surface area (Å²) in [5.74, 6) is 1.39. The van der Waals surface area contributed by atoms with Gasteiger partial charge in [0.25, 0.3) is 0 Å². The van der Waals surface area contributed by atoms with E-state index in [1.165, 1.54) is 17.5 Å². The fourth-order valence-corrected chi connectivity index (χ4v) is 4.05. The minimum Gasteiger partial charge on any atom is -0.497 e. The van der Waals surface area contributed by atoms with Gasteiger partial charge in [0.15, 0.2) is 0 Å². The van der Waals surface area contributed by atoms with Crippen molar-refractivity contribution in [3.63, 3.8) is 0 Å². The number of hydrogen-bond donors (Lipinski definition) is 1. The van der Waals surface area contributed by atoms with Crippen LogP contribution in [0.2, 0.25) is 0 Å². The van der Waals surface area contributed by atoms with Crippen LogP contribution >= 0.6 is 0 Å². The van der Waals surface area contributed by atoms with E-state index in [1.807, 2.05) is 24.3 Å². The predicted molar refractivity (Wildman–Crippen MR) is 95.7 cm³/mol. The standard InChI is InChI=1S/C19H24N4O2/c1-13-9-15-7-8-22(13)12-18(15)21-19(24)23-11-16(10-20-23)14-3-5-17(25-2)6-4-14/h3-6,10-11,13,15,18H,7-9,12H2,1-2H3,(H,21,24)/t13?,15?,18-/m0/s1. The highest BCUT2D eigenvalue weighted by Gasteiger charge is 2.38. The lowest BCUT2D eigenvalue weighted by molar-refractivity contribution is 0.0321. The lowest BCUT2D eigenvalue weighted by Gasteiger charge is -2.48. The molecule has 0 spiro atoms. The van der Waals surface area contributed by atoms with Gasteiger partial charge in [-0.3, -0.25) is 4.90 Å². The molecule has 5 rings (SSSR count). The number of fused-ring (bicyclic) bond motifs is 3. The van der Waals surface area contributed by atoms with E-state index in [0.29, 0.717) is 12.0 Å². The molecule has 1 aromatic carbocycles. The molecular weight excluding hydrogens is 316 g/mol. The summed E-state index contributed by atoms with van der Waals surface area (Å²) in [5, 5.41) is 7.41. The normalized spacial score (nSPS) is 27.9. The molecule has 25 heavy (non-hydrogen) atoms. The number of piperidine rings is 3. The highest BCUT2D eigenvalue weighted by molar-refractivity contribution is 5.78. The van der Waals surface area contributed by atoms with Crippen LogP contribution in [0.1, 0.15) is 19.8 Å². The van der Waals surface area contributed by atoms with E-state index in [1.54, 1.807) is 19.5 Å². The third kappa shape index (κ3) is 3.14. The molecule has 3 aliphatic heterocycles. The van der Waals surface area contributed by atoms with E-state index in [0.717, 1.165) is 30.0 Å². The summed E-state index contributed by atoms with van der Waals surface area (Å²) >= 11 is 0. The second kappa shape index (κ2) is 6.52. The average Bonchev–Trinajstić information content (AvgIpc) is 3.13. The highest BCUT2D eigenvalue weighted by Crippen LogP contribution is 2.32. The van der Waals surface area contributed by atoms with Crippen molar-refractivity contribution in [3.05, 3.63) is 36.7 Å². The Balaban J connectivity index is 1.44. The Morgan fingerprint density at radius 3 is 2.72 bits per heavy atom. The third-order valence-corrected chi connectivity index (χ3v) is 5.58. The molecule has 1 N–H and O–H groups in total. The van der Waals surface area contributed by atoms with Crippen molar-refractivity contribution in [2.45, 2.75) is 31.8 Å². The number of rotatable bonds is 3. The molecule has 4 atom stereocenters. The van der Waals surface area contributed by atoms with E-state index in [4.69, 9.17) is 4.74 Å². The Hall–Kier alpha value is -2.34. The van der Waals surface area contributed by atoms with Gasteiger partial charge < -0.3 is 10.1 Å². The minimum atomic E-state index is -0.147. The van der Waals surface area contributed by atoms with Gasteiger partial charge in [0.1, 0.15) is 5.75 Å². The molecule has 1 amide bonds. The maximum Gasteiger partial charge on any atom is 0.342 e. The fourth-order valence-electron chi connectivity index (χ4n) is 4.05. The Labute approximate surface area is 147 Å². The molecule has 2 aromatic rings. The quantitative estimate of drug-likeness (QED) is 0.933. The van der Waals surface area contributed by atoms with Crippen LogP contribution < -0.4 is 10.1 Å². The molecule has 1 aromatic heterocycles. The van der Waals surface area contributed by atoms with E-state index in [9.17, 15) is 4.79 Å². The van der Waals surface area contributed by atoms with Crippen molar-refractivity contribution in [3.8, 4) is 16.9 Å². The number of aromatic nitrogens is 2. The zero-order chi connectivity index (χ0) is 17.4. The number of carbonyl (C=O) groups excluding carboxylic acids is 1. The number of nitrogens with one attached hydrogen (secondary N) is 1. The van der Waals surface area contributed by atoms with Crippen molar-refractivity contribution in [1.29, 1.82) is 0 Å². The molecule has 3 aliphatic rings. The lowest BCUT2D eigenvalue weighted by Crippen LogP contribution is -2.60. The first kappa shape index (κ1) is 16.1. The van der Waals surface area contributed by atoms with Gasteiger partial charge in [-0.2, -0.15) is 9.78 Å². The molecule has 2 bridgehead atoms. The van der Waals surface area contributed by atoms with Crippen molar-refractivity contribution in [2.75, 3.05) is 20.2 Å². The SMILES string of the molecule is COc1ccc(-c2cnn(C(=O)N[C@H]3CN4CCC3CC4C)c2)cc1. The fraction of sp³-hybridized carbons (Fsp3) is 0.474. The van der Waals surface area contributed by atoms with Crippen molar-refractivity contribution < 1.29 is 9.53 Å². The van der Waals surface area contributed by atoms with E-state index < -0.39 is 0 Å². The number of nitrogens with zero attached hydrogens (tertiary/aromatic N) is 3. The van der Waals surface area contributed by atoms with Crippen LogP contribution in [0.5, 0.6) is 5.75 Å². The van der Waals surface area contributed by atoms with Gasteiger partial charge in [0, 0.05) is 30.4 Å². The third-order valence-electron chi connectivity index (χ3n) is 5.58. The molecular formula is C19H24N4O2. The van der Waals surface area contributed by atoms with Crippen molar-refractivity contribution in [2.24, 2.45) is 5.92 Å². The maximum absolute atomic E-state index is 12.6. The molecule has 132 valence electrons. The summed E-state index contributed by atoms with van der Waals surface area (Å²) in [6.07, 6.45) is 5.84. The molecule has 4 heterocycles. The van der Waals surface area contributed by atoms with Crippen LogP contribution in [-0.4, -0.2) is 53.0 Å². The molecule has 3 saturated heterocycles. The summed E-state index contributed by atoms with van der Waals surface area (Å²) in [7, 11) is 1.65. The zero-order valence-electron chi connectivity index (χ0n) is 14.7. The number of carbonyl (C=O) groups is 1. The summed E-state index contributed by atoms with van der Waals surface area (Å²) in [5.41, 5.74) is 1.93. The van der Waals surface area contributed by atoms with Crippen molar-refractivity contribution in [1.82, 2.24) is 20.0 Å². The van der Waals surface area contributed by atoms with Gasteiger partial charge in [0.2, 0.25) is 0 Å². The lowest BCUT2D eigenvalue weighted by atomic mass is 9.80. The summed E-state index contributed by atoms with van der Waals surface area (Å²) in [4.78, 5) is 15.0. The summed E-state index contributed by atoms with van der Waals surface area (Å²) in [6.45, 7) is 4.38. The number of hydrogen-bond acceptors (Lipinski definition) is 4. The van der Waals surface area contributed by atoms with E-state index >= 15 is 0 Å². The molecule has 0 aliphatic carbocycles. The van der Waals surface area contributed by atoms with Crippen LogP contribution in [-0.2, 0) is 0 Å². The van der Waals surface area contributed by atoms with Gasteiger partial charge in [-0.25, -0.2) is 4.79 Å². The topological polar surface area (TPSA) is 59.4 Å². The summed E-state index contributed by atoms with van der Waals surface area (Å²) < 4.78 is 6.58. The zero-order valence-corrected chi connectivity index (χ0v) is 14.7. The monoisotopic (exact) mass is 340 g/mol. The van der Waals surface area contributed by atoms with Crippen LogP contribution in [0.3, 0.4) is 0 Å². The largest absolute Gasteiger partial charge is 0.497 e. The molecule has 6 nitrogen and oxygen atoms in total. The molecule has 0 saturated carbocycles. The second-order valence-electron chi connectivity index (χ2n) is 7.09. The van der Waals surface area contributed by atoms with Crippen LogP contribution in [0.15, 0.2) is 36.7 Å².